The van der Waals surface area contributed by atoms with Crippen LogP contribution >= 0.6 is 27.3 Å². The van der Waals surface area contributed by atoms with E-state index >= 15 is 0 Å². The van der Waals surface area contributed by atoms with Gasteiger partial charge in [-0.25, -0.2) is 0 Å². The Labute approximate surface area is 117 Å². The molecule has 0 amide bonds. The fraction of sp³-hybridized carbons (Fsp3) is 0.692. The molecular formula is C13H21BrN2S. The first kappa shape index (κ1) is 13.5. The number of nitrogens with one attached hydrogen (secondary N) is 1. The number of hydrogen-bond donors (Lipinski definition) is 1. The van der Waals surface area contributed by atoms with Crippen LogP contribution in [0.25, 0.3) is 0 Å². The Bertz CT molecular complexity index is 375. The predicted octanol–water partition coefficient (Wildman–Crippen LogP) is 3.47. The van der Waals surface area contributed by atoms with Gasteiger partial charge in [-0.1, -0.05) is 0 Å². The zero-order valence-corrected chi connectivity index (χ0v) is 13.2. The molecule has 2 nitrogen and oxygen atoms in total. The van der Waals surface area contributed by atoms with Gasteiger partial charge >= 0.3 is 0 Å². The minimum Gasteiger partial charge on any atom is -0.312 e. The summed E-state index contributed by atoms with van der Waals surface area (Å²) in [4.78, 5) is 3.94. The van der Waals surface area contributed by atoms with Gasteiger partial charge in [-0.15, -0.1) is 11.3 Å². The van der Waals surface area contributed by atoms with Gasteiger partial charge in [0.2, 0.25) is 0 Å². The first-order chi connectivity index (χ1) is 7.96. The number of nitrogens with zero attached hydrogens (tertiary/aromatic N) is 1. The minimum absolute atomic E-state index is 0.285. The van der Waals surface area contributed by atoms with Crippen molar-refractivity contribution >= 4 is 27.3 Å². The van der Waals surface area contributed by atoms with Gasteiger partial charge in [0.15, 0.2) is 0 Å². The minimum atomic E-state index is 0.285. The molecule has 0 spiro atoms. The van der Waals surface area contributed by atoms with Gasteiger partial charge in [0.05, 0.1) is 3.79 Å². The third-order valence-corrected chi connectivity index (χ3v) is 5.09. The van der Waals surface area contributed by atoms with Crippen LogP contribution in [0.4, 0.5) is 0 Å². The van der Waals surface area contributed by atoms with Crippen LogP contribution in [-0.2, 0) is 6.54 Å². The van der Waals surface area contributed by atoms with Crippen LogP contribution in [0.5, 0.6) is 0 Å². The van der Waals surface area contributed by atoms with Crippen LogP contribution in [0.2, 0.25) is 0 Å². The Morgan fingerprint density at radius 3 is 2.88 bits per heavy atom. The number of halogens is 1. The number of hydrogen-bond acceptors (Lipinski definition) is 3. The SMILES string of the molecule is CN(Cc1ccc(Br)s1)C1CCNC(C)(C)C1. The van der Waals surface area contributed by atoms with E-state index in [0.29, 0.717) is 6.04 Å². The summed E-state index contributed by atoms with van der Waals surface area (Å²) in [6.45, 7) is 6.80. The summed E-state index contributed by atoms with van der Waals surface area (Å²) in [6.07, 6.45) is 2.49. The molecule has 1 atom stereocenters. The smallest absolute Gasteiger partial charge is 0.0701 e. The van der Waals surface area contributed by atoms with Crippen LogP contribution in [0.1, 0.15) is 31.6 Å². The molecule has 1 aromatic rings. The third-order valence-electron chi connectivity index (χ3n) is 3.48. The average molecular weight is 317 g/mol. The number of rotatable bonds is 3. The van der Waals surface area contributed by atoms with Gasteiger partial charge < -0.3 is 5.32 Å². The topological polar surface area (TPSA) is 15.3 Å². The summed E-state index contributed by atoms with van der Waals surface area (Å²) in [5.74, 6) is 0. The van der Waals surface area contributed by atoms with E-state index in [1.54, 1.807) is 0 Å². The van der Waals surface area contributed by atoms with Gasteiger partial charge in [0.25, 0.3) is 0 Å². The second-order valence-electron chi connectivity index (χ2n) is 5.58. The highest BCUT2D eigenvalue weighted by atomic mass is 79.9. The molecule has 2 heterocycles. The molecule has 1 aliphatic heterocycles. The van der Waals surface area contributed by atoms with Crippen LogP contribution in [0.15, 0.2) is 15.9 Å². The molecule has 17 heavy (non-hydrogen) atoms. The van der Waals surface area contributed by atoms with E-state index in [2.05, 4.69) is 59.2 Å². The quantitative estimate of drug-likeness (QED) is 0.918. The molecule has 1 fully saturated rings. The lowest BCUT2D eigenvalue weighted by Gasteiger charge is -2.40. The summed E-state index contributed by atoms with van der Waals surface area (Å²) in [5.41, 5.74) is 0.285. The summed E-state index contributed by atoms with van der Waals surface area (Å²) in [6, 6.07) is 5.06. The van der Waals surface area contributed by atoms with Gasteiger partial charge in [-0.05, 0) is 68.3 Å². The van der Waals surface area contributed by atoms with Gasteiger partial charge in [0.1, 0.15) is 0 Å². The molecule has 1 N–H and O–H groups in total. The molecule has 0 saturated carbocycles. The summed E-state index contributed by atoms with van der Waals surface area (Å²) >= 11 is 5.37. The fourth-order valence-corrected chi connectivity index (χ4v) is 4.08. The van der Waals surface area contributed by atoms with Crippen LogP contribution < -0.4 is 5.32 Å². The third kappa shape index (κ3) is 3.78. The standard InChI is InChI=1S/C13H21BrN2S/c1-13(2)8-10(6-7-15-13)16(3)9-11-4-5-12(14)17-11/h4-5,10,15H,6-9H2,1-3H3. The van der Waals surface area contributed by atoms with Crippen molar-refractivity contribution in [2.24, 2.45) is 0 Å². The summed E-state index contributed by atoms with van der Waals surface area (Å²) in [5, 5.41) is 3.58. The lowest BCUT2D eigenvalue weighted by atomic mass is 9.88. The Morgan fingerprint density at radius 2 is 2.29 bits per heavy atom. The first-order valence-electron chi connectivity index (χ1n) is 6.16. The Hall–Kier alpha value is 0.1000. The Balaban J connectivity index is 1.93. The molecule has 0 aliphatic carbocycles. The van der Waals surface area contributed by atoms with Gasteiger partial charge in [-0.2, -0.15) is 0 Å². The maximum atomic E-state index is 3.58. The second-order valence-corrected chi connectivity index (χ2v) is 8.13. The van der Waals surface area contributed by atoms with Crippen LogP contribution in [-0.4, -0.2) is 30.1 Å². The summed E-state index contributed by atoms with van der Waals surface area (Å²) < 4.78 is 1.23. The Morgan fingerprint density at radius 1 is 1.53 bits per heavy atom. The van der Waals surface area contributed by atoms with E-state index in [4.69, 9.17) is 0 Å². The Kier molecular flexibility index (Phi) is 4.29. The van der Waals surface area contributed by atoms with Crippen molar-refractivity contribution in [3.05, 3.63) is 20.8 Å². The molecule has 0 bridgehead atoms. The van der Waals surface area contributed by atoms with Crippen molar-refractivity contribution in [1.82, 2.24) is 10.2 Å². The van der Waals surface area contributed by atoms with Crippen molar-refractivity contribution in [3.8, 4) is 0 Å². The molecule has 1 aromatic heterocycles. The molecule has 1 aliphatic rings. The van der Waals surface area contributed by atoms with Crippen molar-refractivity contribution in [2.45, 2.75) is 44.8 Å². The largest absolute Gasteiger partial charge is 0.312 e. The van der Waals surface area contributed by atoms with Gasteiger partial charge in [-0.3, -0.25) is 4.90 Å². The van der Waals surface area contributed by atoms with Crippen molar-refractivity contribution < 1.29 is 0 Å². The molecule has 96 valence electrons. The molecule has 0 aromatic carbocycles. The lowest BCUT2D eigenvalue weighted by molar-refractivity contribution is 0.139. The van der Waals surface area contributed by atoms with E-state index < -0.39 is 0 Å². The normalized spacial score (nSPS) is 24.2. The number of thiophene rings is 1. The van der Waals surface area contributed by atoms with E-state index in [-0.39, 0.29) is 5.54 Å². The van der Waals surface area contributed by atoms with E-state index in [1.807, 2.05) is 11.3 Å². The second kappa shape index (κ2) is 5.39. The average Bonchev–Trinajstić information content (AvgIpc) is 2.62. The molecule has 0 radical (unpaired) electrons. The zero-order valence-electron chi connectivity index (χ0n) is 10.8. The molecule has 1 saturated heterocycles. The van der Waals surface area contributed by atoms with Gasteiger partial charge in [0, 0.05) is 23.0 Å². The predicted molar refractivity (Wildman–Crippen MR) is 78.6 cm³/mol. The van der Waals surface area contributed by atoms with E-state index in [1.165, 1.54) is 21.5 Å². The molecule has 4 heteroatoms. The lowest BCUT2D eigenvalue weighted by Crippen LogP contribution is -2.52. The maximum Gasteiger partial charge on any atom is 0.0701 e. The highest BCUT2D eigenvalue weighted by Crippen LogP contribution is 2.26. The number of piperidine rings is 1. The fourth-order valence-electron chi connectivity index (χ4n) is 2.53. The van der Waals surface area contributed by atoms with E-state index in [0.717, 1.165) is 13.1 Å². The maximum absolute atomic E-state index is 3.58. The molecular weight excluding hydrogens is 296 g/mol. The highest BCUT2D eigenvalue weighted by molar-refractivity contribution is 9.11. The van der Waals surface area contributed by atoms with Crippen molar-refractivity contribution in [1.29, 1.82) is 0 Å². The van der Waals surface area contributed by atoms with Crippen molar-refractivity contribution in [3.63, 3.8) is 0 Å². The van der Waals surface area contributed by atoms with E-state index in [9.17, 15) is 0 Å². The molecule has 1 unspecified atom stereocenters. The van der Waals surface area contributed by atoms with Crippen LogP contribution in [0.3, 0.4) is 0 Å². The monoisotopic (exact) mass is 316 g/mol. The molecule has 2 rings (SSSR count). The highest BCUT2D eigenvalue weighted by Gasteiger charge is 2.29. The van der Waals surface area contributed by atoms with Crippen molar-refractivity contribution in [2.75, 3.05) is 13.6 Å². The zero-order chi connectivity index (χ0) is 12.5. The van der Waals surface area contributed by atoms with Crippen LogP contribution in [0, 0.1) is 0 Å². The first-order valence-corrected chi connectivity index (χ1v) is 7.77. The summed E-state index contributed by atoms with van der Waals surface area (Å²) in [7, 11) is 2.25.